The molecule has 0 radical (unpaired) electrons. The Morgan fingerprint density at radius 3 is 2.12 bits per heavy atom. The molecule has 0 aliphatic heterocycles. The van der Waals surface area contributed by atoms with Crippen molar-refractivity contribution < 1.29 is 14.7 Å². The summed E-state index contributed by atoms with van der Waals surface area (Å²) in [4.78, 5) is 25.6. The summed E-state index contributed by atoms with van der Waals surface area (Å²) >= 11 is 0. The number of nitrogens with zero attached hydrogens (tertiary/aromatic N) is 1. The van der Waals surface area contributed by atoms with Gasteiger partial charge in [-0.2, -0.15) is 0 Å². The van der Waals surface area contributed by atoms with E-state index in [9.17, 15) is 14.7 Å². The normalized spacial score (nSPS) is 11.0. The second-order valence-corrected chi connectivity index (χ2v) is 5.43. The average molecular weight is 337 g/mol. The van der Waals surface area contributed by atoms with Crippen LogP contribution in [-0.2, 0) is 4.79 Å². The van der Waals surface area contributed by atoms with E-state index in [1.807, 2.05) is 24.3 Å². The first kappa shape index (κ1) is 18.3. The maximum Gasteiger partial charge on any atom is 0.255 e. The Bertz CT molecular complexity index is 748. The third-order valence-electron chi connectivity index (χ3n) is 3.84. The molecule has 2 aromatic carbocycles. The lowest BCUT2D eigenvalue weighted by Crippen LogP contribution is -2.35. The summed E-state index contributed by atoms with van der Waals surface area (Å²) in [6.45, 7) is 5.93. The van der Waals surface area contributed by atoms with E-state index in [2.05, 4.69) is 24.1 Å². The van der Waals surface area contributed by atoms with Gasteiger partial charge in [-0.3, -0.25) is 4.79 Å². The number of carboxylic acids is 1. The van der Waals surface area contributed by atoms with Gasteiger partial charge < -0.3 is 20.1 Å². The molecule has 0 fully saturated rings. The number of hydrogen-bond acceptors (Lipinski definition) is 4. The van der Waals surface area contributed by atoms with Gasteiger partial charge in [-0.1, -0.05) is 30.3 Å². The topological polar surface area (TPSA) is 72.5 Å². The van der Waals surface area contributed by atoms with Gasteiger partial charge in [-0.25, -0.2) is 0 Å². The number of carbonyl (C=O) groups is 2. The van der Waals surface area contributed by atoms with Crippen LogP contribution in [0.3, 0.4) is 0 Å². The zero-order chi connectivity index (χ0) is 18.2. The first-order valence-electron chi connectivity index (χ1n) is 8.19. The molecule has 0 atom stereocenters. The van der Waals surface area contributed by atoms with Crippen LogP contribution in [0, 0.1) is 0 Å². The van der Waals surface area contributed by atoms with Crippen molar-refractivity contribution in [1.29, 1.82) is 0 Å². The van der Waals surface area contributed by atoms with E-state index in [0.717, 1.165) is 18.8 Å². The van der Waals surface area contributed by atoms with Gasteiger partial charge in [0, 0.05) is 24.3 Å². The molecule has 0 saturated carbocycles. The minimum atomic E-state index is -1.43. The van der Waals surface area contributed by atoms with Crippen molar-refractivity contribution in [3.05, 3.63) is 71.4 Å². The van der Waals surface area contributed by atoms with Gasteiger partial charge in [-0.05, 0) is 49.8 Å². The molecule has 2 aromatic rings. The number of anilines is 1. The molecule has 1 amide bonds. The van der Waals surface area contributed by atoms with Crippen LogP contribution in [0.4, 0.5) is 5.69 Å². The summed E-state index contributed by atoms with van der Waals surface area (Å²) in [5.41, 5.74) is 1.84. The summed E-state index contributed by atoms with van der Waals surface area (Å²) in [7, 11) is 0. The zero-order valence-electron chi connectivity index (χ0n) is 14.4. The molecule has 0 aliphatic rings. The molecule has 5 heteroatoms. The Hall–Kier alpha value is -3.08. The van der Waals surface area contributed by atoms with Crippen molar-refractivity contribution in [1.82, 2.24) is 5.32 Å². The molecule has 0 bridgehead atoms. The fourth-order valence-corrected chi connectivity index (χ4v) is 2.47. The summed E-state index contributed by atoms with van der Waals surface area (Å²) in [5.74, 6) is -1.92. The van der Waals surface area contributed by atoms with Crippen LogP contribution in [0.2, 0.25) is 0 Å². The molecule has 0 heterocycles. The number of carbonyl (C=O) groups excluding carboxylic acids is 2. The van der Waals surface area contributed by atoms with Crippen molar-refractivity contribution in [2.24, 2.45) is 0 Å². The van der Waals surface area contributed by atoms with E-state index in [0.29, 0.717) is 11.1 Å². The Balaban J connectivity index is 2.19. The van der Waals surface area contributed by atoms with Gasteiger partial charge in [-0.15, -0.1) is 0 Å². The van der Waals surface area contributed by atoms with Gasteiger partial charge in [0.05, 0.1) is 11.7 Å². The maximum atomic E-state index is 12.1. The molecule has 5 nitrogen and oxygen atoms in total. The highest BCUT2D eigenvalue weighted by Crippen LogP contribution is 2.16. The van der Waals surface area contributed by atoms with Gasteiger partial charge in [0.2, 0.25) is 0 Å². The highest BCUT2D eigenvalue weighted by molar-refractivity contribution is 6.02. The number of hydrogen-bond donors (Lipinski definition) is 1. The van der Waals surface area contributed by atoms with E-state index in [4.69, 9.17) is 0 Å². The van der Waals surface area contributed by atoms with Crippen LogP contribution in [0.5, 0.6) is 0 Å². The Morgan fingerprint density at radius 2 is 1.60 bits per heavy atom. The van der Waals surface area contributed by atoms with Crippen molar-refractivity contribution in [2.75, 3.05) is 18.0 Å². The highest BCUT2D eigenvalue weighted by Gasteiger charge is 2.08. The molecule has 25 heavy (non-hydrogen) atoms. The van der Waals surface area contributed by atoms with E-state index in [1.165, 1.54) is 6.08 Å². The van der Waals surface area contributed by atoms with Gasteiger partial charge >= 0.3 is 0 Å². The van der Waals surface area contributed by atoms with Crippen LogP contribution in [0.1, 0.15) is 29.8 Å². The Labute approximate surface area is 147 Å². The first-order valence-corrected chi connectivity index (χ1v) is 8.19. The van der Waals surface area contributed by atoms with Crippen LogP contribution in [-0.4, -0.2) is 25.0 Å². The molecule has 0 unspecified atom stereocenters. The molecule has 130 valence electrons. The first-order chi connectivity index (χ1) is 12.0. The molecule has 1 N–H and O–H groups in total. The molecule has 0 spiro atoms. The molecular formula is C20H21N2O3-. The smallest absolute Gasteiger partial charge is 0.255 e. The molecular weight excluding hydrogens is 316 g/mol. The zero-order valence-corrected chi connectivity index (χ0v) is 14.4. The monoisotopic (exact) mass is 337 g/mol. The summed E-state index contributed by atoms with van der Waals surface area (Å²) in [6, 6.07) is 15.9. The second kappa shape index (κ2) is 8.68. The van der Waals surface area contributed by atoms with E-state index in [1.54, 1.807) is 30.3 Å². The fraction of sp³-hybridized carbons (Fsp3) is 0.200. The Kier molecular flexibility index (Phi) is 6.34. The molecule has 0 saturated heterocycles. The highest BCUT2D eigenvalue weighted by atomic mass is 16.4. The van der Waals surface area contributed by atoms with Crippen LogP contribution in [0.15, 0.2) is 60.3 Å². The minimum Gasteiger partial charge on any atom is -0.543 e. The standard InChI is InChI=1S/C20H22N2O3/c1-3-22(4-2)17-12-10-15(11-13-17)14-18(20(24)25)21-19(23)16-8-6-5-7-9-16/h5-14H,3-4H2,1-2H3,(H,21,23)(H,24,25)/p-1/b18-14+. The van der Waals surface area contributed by atoms with Crippen molar-refractivity contribution in [3.63, 3.8) is 0 Å². The summed E-state index contributed by atoms with van der Waals surface area (Å²) < 4.78 is 0. The van der Waals surface area contributed by atoms with E-state index < -0.39 is 11.9 Å². The van der Waals surface area contributed by atoms with E-state index >= 15 is 0 Å². The summed E-state index contributed by atoms with van der Waals surface area (Å²) in [6.07, 6.45) is 1.39. The quantitative estimate of drug-likeness (QED) is 0.785. The summed E-state index contributed by atoms with van der Waals surface area (Å²) in [5, 5.41) is 13.7. The largest absolute Gasteiger partial charge is 0.543 e. The molecule has 0 aromatic heterocycles. The second-order valence-electron chi connectivity index (χ2n) is 5.43. The predicted octanol–water partition coefficient (Wildman–Crippen LogP) is 2.05. The third kappa shape index (κ3) is 4.94. The van der Waals surface area contributed by atoms with Crippen LogP contribution >= 0.6 is 0 Å². The van der Waals surface area contributed by atoms with Crippen LogP contribution in [0.25, 0.3) is 6.08 Å². The number of nitrogens with one attached hydrogen (secondary N) is 1. The number of amides is 1. The molecule has 2 rings (SSSR count). The third-order valence-corrected chi connectivity index (χ3v) is 3.84. The SMILES string of the molecule is CCN(CC)c1ccc(/C=C(/NC(=O)c2ccccc2)C(=O)[O-])cc1. The Morgan fingerprint density at radius 1 is 1.00 bits per heavy atom. The van der Waals surface area contributed by atoms with Crippen molar-refractivity contribution in [3.8, 4) is 0 Å². The predicted molar refractivity (Wildman–Crippen MR) is 96.9 cm³/mol. The van der Waals surface area contributed by atoms with Gasteiger partial charge in [0.1, 0.15) is 0 Å². The number of carboxylic acid groups (broad SMARTS) is 1. The van der Waals surface area contributed by atoms with Gasteiger partial charge in [0.15, 0.2) is 0 Å². The number of benzene rings is 2. The van der Waals surface area contributed by atoms with E-state index in [-0.39, 0.29) is 5.70 Å². The number of aliphatic carboxylic acids is 1. The van der Waals surface area contributed by atoms with Crippen LogP contribution < -0.4 is 15.3 Å². The van der Waals surface area contributed by atoms with Crippen molar-refractivity contribution >= 4 is 23.6 Å². The number of rotatable bonds is 7. The average Bonchev–Trinajstić information content (AvgIpc) is 2.64. The maximum absolute atomic E-state index is 12.1. The molecule has 0 aliphatic carbocycles. The lowest BCUT2D eigenvalue weighted by molar-refractivity contribution is -0.299. The fourth-order valence-electron chi connectivity index (χ4n) is 2.47. The van der Waals surface area contributed by atoms with Crippen molar-refractivity contribution in [2.45, 2.75) is 13.8 Å². The lowest BCUT2D eigenvalue weighted by atomic mass is 10.1. The lowest BCUT2D eigenvalue weighted by Gasteiger charge is -2.21. The van der Waals surface area contributed by atoms with Gasteiger partial charge in [0.25, 0.3) is 5.91 Å². The minimum absolute atomic E-state index is 0.274.